The van der Waals surface area contributed by atoms with Gasteiger partial charge in [-0.1, -0.05) is 67.5 Å². The molecular weight excluding hydrogens is 254 g/mol. The average molecular weight is 294 g/mol. The molecule has 0 aromatic rings. The maximum absolute atomic E-state index is 3.81. The summed E-state index contributed by atoms with van der Waals surface area (Å²) in [6.45, 7) is 20.3. The van der Waals surface area contributed by atoms with Crippen LogP contribution < -0.4 is 5.32 Å². The van der Waals surface area contributed by atoms with Crippen molar-refractivity contribution in [3.63, 3.8) is 0 Å². The Morgan fingerprint density at radius 1 is 0.952 bits per heavy atom. The van der Waals surface area contributed by atoms with E-state index in [1.807, 2.05) is 0 Å². The largest absolute Gasteiger partial charge is 0.310 e. The van der Waals surface area contributed by atoms with E-state index in [2.05, 4.69) is 72.9 Å². The first kappa shape index (κ1) is 18.7. The topological polar surface area (TPSA) is 12.0 Å². The lowest BCUT2D eigenvalue weighted by atomic mass is 9.64. The third kappa shape index (κ3) is 4.84. The van der Waals surface area contributed by atoms with Crippen LogP contribution in [-0.2, 0) is 0 Å². The van der Waals surface area contributed by atoms with E-state index in [1.54, 1.807) is 0 Å². The van der Waals surface area contributed by atoms with Crippen LogP contribution >= 0.6 is 0 Å². The lowest BCUT2D eigenvalue weighted by Gasteiger charge is -2.42. The van der Waals surface area contributed by atoms with E-state index in [4.69, 9.17) is 0 Å². The first-order valence-electron chi connectivity index (χ1n) is 9.06. The molecular formula is C20H39N. The van der Waals surface area contributed by atoms with Gasteiger partial charge < -0.3 is 5.32 Å². The van der Waals surface area contributed by atoms with E-state index in [9.17, 15) is 0 Å². The van der Waals surface area contributed by atoms with Crippen molar-refractivity contribution in [2.75, 3.05) is 6.54 Å². The molecule has 0 saturated carbocycles. The molecule has 21 heavy (non-hydrogen) atoms. The van der Waals surface area contributed by atoms with Gasteiger partial charge in [0.2, 0.25) is 0 Å². The van der Waals surface area contributed by atoms with Crippen LogP contribution in [0.4, 0.5) is 0 Å². The van der Waals surface area contributed by atoms with Crippen LogP contribution in [0.2, 0.25) is 0 Å². The van der Waals surface area contributed by atoms with E-state index in [-0.39, 0.29) is 0 Å². The summed E-state index contributed by atoms with van der Waals surface area (Å²) >= 11 is 0. The van der Waals surface area contributed by atoms with Gasteiger partial charge in [-0.25, -0.2) is 0 Å². The molecule has 0 radical (unpaired) electrons. The minimum Gasteiger partial charge on any atom is -0.310 e. The third-order valence-corrected chi connectivity index (χ3v) is 6.19. The van der Waals surface area contributed by atoms with Gasteiger partial charge in [-0.2, -0.15) is 0 Å². The van der Waals surface area contributed by atoms with E-state index < -0.39 is 0 Å². The lowest BCUT2D eigenvalue weighted by Crippen LogP contribution is -2.44. The fourth-order valence-electron chi connectivity index (χ4n) is 3.77. The van der Waals surface area contributed by atoms with E-state index >= 15 is 0 Å². The Labute approximate surface area is 134 Å². The highest BCUT2D eigenvalue weighted by atomic mass is 14.9. The smallest absolute Gasteiger partial charge is 0.0137 e. The molecule has 1 heteroatoms. The van der Waals surface area contributed by atoms with Crippen molar-refractivity contribution in [2.24, 2.45) is 35.0 Å². The van der Waals surface area contributed by atoms with Crippen LogP contribution in [0.25, 0.3) is 0 Å². The second-order valence-electron chi connectivity index (χ2n) is 8.70. The minimum atomic E-state index is 0.406. The van der Waals surface area contributed by atoms with E-state index in [1.165, 1.54) is 12.8 Å². The first-order chi connectivity index (χ1) is 9.67. The number of hydrogen-bond acceptors (Lipinski definition) is 1. The van der Waals surface area contributed by atoms with Crippen LogP contribution in [-0.4, -0.2) is 12.6 Å². The second kappa shape index (κ2) is 7.81. The Balaban J connectivity index is 3.05. The SMILES string of the molecule is CC(C)C1CC(C(C)(C)C(C)C)C/C=C\CNC1C(C)C. The van der Waals surface area contributed by atoms with Crippen LogP contribution in [0.3, 0.4) is 0 Å². The van der Waals surface area contributed by atoms with Crippen LogP contribution in [0, 0.1) is 35.0 Å². The molecule has 0 spiro atoms. The fourth-order valence-corrected chi connectivity index (χ4v) is 3.77. The molecule has 1 aliphatic heterocycles. The van der Waals surface area contributed by atoms with Gasteiger partial charge in [-0.05, 0) is 47.8 Å². The summed E-state index contributed by atoms with van der Waals surface area (Å²) in [6, 6.07) is 0.637. The van der Waals surface area contributed by atoms with Gasteiger partial charge in [0.1, 0.15) is 0 Å². The molecule has 0 aromatic carbocycles. The van der Waals surface area contributed by atoms with E-state index in [0.717, 1.165) is 30.2 Å². The quantitative estimate of drug-likeness (QED) is 0.673. The molecule has 3 unspecified atom stereocenters. The summed E-state index contributed by atoms with van der Waals surface area (Å²) in [4.78, 5) is 0. The van der Waals surface area contributed by atoms with Crippen molar-refractivity contribution in [1.29, 1.82) is 0 Å². The van der Waals surface area contributed by atoms with Crippen molar-refractivity contribution in [3.05, 3.63) is 12.2 Å². The molecule has 1 rings (SSSR count). The van der Waals surface area contributed by atoms with Crippen molar-refractivity contribution in [3.8, 4) is 0 Å². The number of hydrogen-bond donors (Lipinski definition) is 1. The minimum absolute atomic E-state index is 0.406. The molecule has 1 N–H and O–H groups in total. The van der Waals surface area contributed by atoms with E-state index in [0.29, 0.717) is 17.4 Å². The first-order valence-corrected chi connectivity index (χ1v) is 9.06. The molecule has 0 aromatic heterocycles. The normalized spacial score (nSPS) is 30.3. The zero-order valence-electron chi connectivity index (χ0n) is 15.7. The Bertz CT molecular complexity index is 325. The Kier molecular flexibility index (Phi) is 6.97. The molecule has 1 aliphatic rings. The van der Waals surface area contributed by atoms with Gasteiger partial charge in [-0.15, -0.1) is 0 Å². The maximum atomic E-state index is 3.81. The Hall–Kier alpha value is -0.300. The number of allylic oxidation sites excluding steroid dienone is 1. The summed E-state index contributed by atoms with van der Waals surface area (Å²) in [6.07, 6.45) is 7.35. The molecule has 1 nitrogen and oxygen atoms in total. The summed E-state index contributed by atoms with van der Waals surface area (Å²) in [5.41, 5.74) is 0.406. The van der Waals surface area contributed by atoms with Crippen molar-refractivity contribution >= 4 is 0 Å². The van der Waals surface area contributed by atoms with Gasteiger partial charge in [0, 0.05) is 12.6 Å². The van der Waals surface area contributed by atoms with Gasteiger partial charge in [0.15, 0.2) is 0 Å². The highest BCUT2D eigenvalue weighted by Crippen LogP contribution is 2.43. The summed E-state index contributed by atoms with van der Waals surface area (Å²) in [7, 11) is 0. The third-order valence-electron chi connectivity index (χ3n) is 6.19. The zero-order valence-corrected chi connectivity index (χ0v) is 15.7. The summed E-state index contributed by atoms with van der Waals surface area (Å²) in [5, 5.41) is 3.81. The number of rotatable bonds is 4. The van der Waals surface area contributed by atoms with Crippen molar-refractivity contribution in [1.82, 2.24) is 5.32 Å². The molecule has 0 bridgehead atoms. The predicted octanol–water partition coefficient (Wildman–Crippen LogP) is 5.52. The molecule has 0 fully saturated rings. The zero-order chi connectivity index (χ0) is 16.2. The molecule has 3 atom stereocenters. The Morgan fingerprint density at radius 3 is 2.05 bits per heavy atom. The highest BCUT2D eigenvalue weighted by Gasteiger charge is 2.37. The lowest BCUT2D eigenvalue weighted by molar-refractivity contribution is 0.0869. The van der Waals surface area contributed by atoms with Gasteiger partial charge in [-0.3, -0.25) is 0 Å². The second-order valence-corrected chi connectivity index (χ2v) is 8.70. The van der Waals surface area contributed by atoms with Gasteiger partial charge in [0.25, 0.3) is 0 Å². The Morgan fingerprint density at radius 2 is 1.57 bits per heavy atom. The fraction of sp³-hybridized carbons (Fsp3) is 0.900. The monoisotopic (exact) mass is 293 g/mol. The van der Waals surface area contributed by atoms with Crippen LogP contribution in [0.1, 0.15) is 68.2 Å². The summed E-state index contributed by atoms with van der Waals surface area (Å²) in [5.74, 6) is 3.73. The molecule has 0 aliphatic carbocycles. The number of nitrogens with one attached hydrogen (secondary N) is 1. The molecule has 0 saturated heterocycles. The standard InChI is InChI=1S/C20H39N/c1-14(2)18-13-17(20(7,8)16(5)6)11-9-10-12-21-19(18)15(3)4/h9-10,14-19,21H,11-13H2,1-8H3/b10-9-. The van der Waals surface area contributed by atoms with Crippen molar-refractivity contribution < 1.29 is 0 Å². The predicted molar refractivity (Wildman–Crippen MR) is 95.4 cm³/mol. The highest BCUT2D eigenvalue weighted by molar-refractivity contribution is 4.97. The van der Waals surface area contributed by atoms with Crippen LogP contribution in [0.15, 0.2) is 12.2 Å². The molecule has 124 valence electrons. The van der Waals surface area contributed by atoms with Crippen LogP contribution in [0.5, 0.6) is 0 Å². The van der Waals surface area contributed by atoms with Gasteiger partial charge in [0.05, 0.1) is 0 Å². The molecule has 0 amide bonds. The molecule has 1 heterocycles. The summed E-state index contributed by atoms with van der Waals surface area (Å²) < 4.78 is 0. The van der Waals surface area contributed by atoms with Crippen molar-refractivity contribution in [2.45, 2.75) is 74.3 Å². The van der Waals surface area contributed by atoms with Gasteiger partial charge >= 0.3 is 0 Å². The maximum Gasteiger partial charge on any atom is 0.0137 e. The average Bonchev–Trinajstić information content (AvgIpc) is 2.47.